The van der Waals surface area contributed by atoms with E-state index in [-0.39, 0.29) is 5.91 Å². The molecule has 1 fully saturated rings. The number of aromatic nitrogens is 2. The topological polar surface area (TPSA) is 60.9 Å². The van der Waals surface area contributed by atoms with Gasteiger partial charge >= 0.3 is 0 Å². The Balaban J connectivity index is 1.71. The maximum atomic E-state index is 12.0. The number of hydrogen-bond donors (Lipinski definition) is 1. The lowest BCUT2D eigenvalue weighted by atomic mass is 10.1. The minimum absolute atomic E-state index is 0.345. The smallest absolute Gasteiger partial charge is 0.235 e. The van der Waals surface area contributed by atoms with Crippen LogP contribution in [0.15, 0.2) is 72.0 Å². The Morgan fingerprint density at radius 3 is 2.32 bits per heavy atom. The Hall–Kier alpha value is -2.53. The van der Waals surface area contributed by atoms with Crippen molar-refractivity contribution in [3.63, 3.8) is 0 Å². The fourth-order valence-electron chi connectivity index (χ4n) is 2.96. The summed E-state index contributed by atoms with van der Waals surface area (Å²) >= 11 is 1.44. The maximum absolute atomic E-state index is 12.0. The molecule has 0 saturated heterocycles. The molecule has 4 rings (SSSR count). The van der Waals surface area contributed by atoms with Crippen molar-refractivity contribution in [3.05, 3.63) is 72.4 Å². The molecular formula is C20H19N3OS. The van der Waals surface area contributed by atoms with Crippen LogP contribution in [0.1, 0.15) is 29.7 Å². The van der Waals surface area contributed by atoms with Gasteiger partial charge in [0.25, 0.3) is 0 Å². The van der Waals surface area contributed by atoms with Gasteiger partial charge < -0.3 is 10.3 Å². The molecule has 5 heteroatoms. The van der Waals surface area contributed by atoms with Crippen molar-refractivity contribution in [3.8, 4) is 11.3 Å². The largest absolute Gasteiger partial charge is 0.368 e. The number of imidazole rings is 1. The van der Waals surface area contributed by atoms with E-state index >= 15 is 0 Å². The second kappa shape index (κ2) is 6.76. The first-order chi connectivity index (χ1) is 12.2. The number of benzene rings is 2. The third-order valence-electron chi connectivity index (χ3n) is 4.33. The van der Waals surface area contributed by atoms with Crippen molar-refractivity contribution in [1.82, 2.24) is 9.55 Å². The lowest BCUT2D eigenvalue weighted by Gasteiger charge is -2.15. The first kappa shape index (κ1) is 16.0. The zero-order valence-corrected chi connectivity index (χ0v) is 14.5. The molecule has 1 heterocycles. The number of thioether (sulfide) groups is 1. The molecule has 3 aromatic rings. The average Bonchev–Trinajstić information content (AvgIpc) is 3.40. The SMILES string of the molecule is NC(=O)[C@@H](Sc1ncc(-c2ccccc2)n1C1CC1)c1ccccc1. The van der Waals surface area contributed by atoms with Crippen molar-refractivity contribution >= 4 is 17.7 Å². The number of carbonyl (C=O) groups excluding carboxylic acids is 1. The summed E-state index contributed by atoms with van der Waals surface area (Å²) in [4.78, 5) is 16.7. The first-order valence-electron chi connectivity index (χ1n) is 8.37. The molecule has 0 aliphatic heterocycles. The highest BCUT2D eigenvalue weighted by atomic mass is 32.2. The van der Waals surface area contributed by atoms with E-state index in [9.17, 15) is 4.79 Å². The summed E-state index contributed by atoms with van der Waals surface area (Å²) in [7, 11) is 0. The molecule has 2 aromatic carbocycles. The number of rotatable bonds is 6. The van der Waals surface area contributed by atoms with E-state index in [1.54, 1.807) is 0 Å². The molecule has 1 aliphatic carbocycles. The Kier molecular flexibility index (Phi) is 4.32. The van der Waals surface area contributed by atoms with Crippen LogP contribution in [0.2, 0.25) is 0 Å². The summed E-state index contributed by atoms with van der Waals surface area (Å²) in [5, 5.41) is 0.415. The van der Waals surface area contributed by atoms with E-state index in [0.29, 0.717) is 6.04 Å². The highest BCUT2D eigenvalue weighted by Crippen LogP contribution is 2.44. The molecule has 0 unspecified atom stereocenters. The molecule has 0 radical (unpaired) electrons. The molecule has 2 N–H and O–H groups in total. The van der Waals surface area contributed by atoms with Gasteiger partial charge in [-0.2, -0.15) is 0 Å². The van der Waals surface area contributed by atoms with Gasteiger partial charge in [0.05, 0.1) is 11.9 Å². The molecule has 25 heavy (non-hydrogen) atoms. The van der Waals surface area contributed by atoms with Crippen molar-refractivity contribution in [2.24, 2.45) is 5.73 Å². The second-order valence-corrected chi connectivity index (χ2v) is 7.28. The molecule has 1 aliphatic rings. The quantitative estimate of drug-likeness (QED) is 0.678. The van der Waals surface area contributed by atoms with Crippen molar-refractivity contribution in [1.29, 1.82) is 0 Å². The van der Waals surface area contributed by atoms with E-state index in [0.717, 1.165) is 34.8 Å². The van der Waals surface area contributed by atoms with Crippen LogP contribution in [0, 0.1) is 0 Å². The van der Waals surface area contributed by atoms with Gasteiger partial charge in [0.15, 0.2) is 5.16 Å². The first-order valence-corrected chi connectivity index (χ1v) is 9.25. The number of primary amides is 1. The average molecular weight is 349 g/mol. The third kappa shape index (κ3) is 3.33. The summed E-state index contributed by atoms with van der Waals surface area (Å²) in [6.45, 7) is 0. The van der Waals surface area contributed by atoms with Crippen molar-refractivity contribution < 1.29 is 4.79 Å². The van der Waals surface area contributed by atoms with Crippen LogP contribution < -0.4 is 5.73 Å². The maximum Gasteiger partial charge on any atom is 0.235 e. The zero-order chi connectivity index (χ0) is 17.2. The molecule has 1 atom stereocenters. The summed E-state index contributed by atoms with van der Waals surface area (Å²) in [5.41, 5.74) is 8.83. The van der Waals surface area contributed by atoms with Crippen LogP contribution in [0.25, 0.3) is 11.3 Å². The van der Waals surface area contributed by atoms with Gasteiger partial charge in [-0.05, 0) is 24.0 Å². The number of carbonyl (C=O) groups is 1. The van der Waals surface area contributed by atoms with Crippen molar-refractivity contribution in [2.45, 2.75) is 29.3 Å². The van der Waals surface area contributed by atoms with Crippen LogP contribution >= 0.6 is 11.8 Å². The van der Waals surface area contributed by atoms with E-state index in [2.05, 4.69) is 21.7 Å². The fraction of sp³-hybridized carbons (Fsp3) is 0.200. The third-order valence-corrected chi connectivity index (χ3v) is 5.58. The lowest BCUT2D eigenvalue weighted by molar-refractivity contribution is -0.117. The molecule has 0 spiro atoms. The molecule has 1 amide bonds. The van der Waals surface area contributed by atoms with Crippen LogP contribution in [0.3, 0.4) is 0 Å². The summed E-state index contributed by atoms with van der Waals surface area (Å²) < 4.78 is 2.26. The number of nitrogens with two attached hydrogens (primary N) is 1. The van der Waals surface area contributed by atoms with Gasteiger partial charge in [0.1, 0.15) is 5.25 Å². The zero-order valence-electron chi connectivity index (χ0n) is 13.7. The van der Waals surface area contributed by atoms with Crippen LogP contribution in [0.4, 0.5) is 0 Å². The summed E-state index contributed by atoms with van der Waals surface area (Å²) in [5.74, 6) is -0.345. The fourth-order valence-corrected chi connectivity index (χ4v) is 4.06. The van der Waals surface area contributed by atoms with Gasteiger partial charge in [0.2, 0.25) is 5.91 Å². The lowest BCUT2D eigenvalue weighted by Crippen LogP contribution is -2.19. The highest BCUT2D eigenvalue weighted by Gasteiger charge is 2.31. The Labute approximate surface area is 151 Å². The predicted octanol–water partition coefficient (Wildman–Crippen LogP) is 4.20. The number of hydrogen-bond acceptors (Lipinski definition) is 3. The standard InChI is InChI=1S/C20H19N3OS/c21-19(24)18(15-9-5-2-6-10-15)25-20-22-13-17(23(20)16-11-12-16)14-7-3-1-4-8-14/h1-10,13,16,18H,11-12H2,(H2,21,24)/t18-/m0/s1. The Morgan fingerprint density at radius 1 is 1.08 bits per heavy atom. The van der Waals surface area contributed by atoms with Gasteiger partial charge in [-0.1, -0.05) is 72.4 Å². The summed E-state index contributed by atoms with van der Waals surface area (Å²) in [6.07, 6.45) is 4.20. The number of nitrogens with zero attached hydrogens (tertiary/aromatic N) is 2. The van der Waals surface area contributed by atoms with Crippen LogP contribution in [-0.2, 0) is 4.79 Å². The Morgan fingerprint density at radius 2 is 1.72 bits per heavy atom. The van der Waals surface area contributed by atoms with Gasteiger partial charge in [-0.3, -0.25) is 4.79 Å². The molecule has 1 saturated carbocycles. The highest BCUT2D eigenvalue weighted by molar-refractivity contribution is 8.00. The monoisotopic (exact) mass is 349 g/mol. The van der Waals surface area contributed by atoms with Gasteiger partial charge in [-0.25, -0.2) is 4.98 Å². The summed E-state index contributed by atoms with van der Waals surface area (Å²) in [6, 6.07) is 20.4. The van der Waals surface area contributed by atoms with E-state index in [1.807, 2.05) is 54.7 Å². The molecule has 1 aromatic heterocycles. The minimum Gasteiger partial charge on any atom is -0.368 e. The molecule has 4 nitrogen and oxygen atoms in total. The number of amides is 1. The minimum atomic E-state index is -0.440. The molecule has 126 valence electrons. The van der Waals surface area contributed by atoms with Gasteiger partial charge in [0, 0.05) is 6.04 Å². The van der Waals surface area contributed by atoms with Crippen LogP contribution in [0.5, 0.6) is 0 Å². The predicted molar refractivity (Wildman–Crippen MR) is 100 cm³/mol. The van der Waals surface area contributed by atoms with Crippen molar-refractivity contribution in [2.75, 3.05) is 0 Å². The van der Waals surface area contributed by atoms with Gasteiger partial charge in [-0.15, -0.1) is 0 Å². The van der Waals surface area contributed by atoms with E-state index < -0.39 is 5.25 Å². The Bertz CT molecular complexity index is 872. The molecule has 0 bridgehead atoms. The normalized spacial score (nSPS) is 15.0. The second-order valence-electron chi connectivity index (χ2n) is 6.20. The van der Waals surface area contributed by atoms with E-state index in [4.69, 9.17) is 5.73 Å². The van der Waals surface area contributed by atoms with Crippen LogP contribution in [-0.4, -0.2) is 15.5 Å². The van der Waals surface area contributed by atoms with E-state index in [1.165, 1.54) is 11.8 Å². The molecular weight excluding hydrogens is 330 g/mol.